The van der Waals surface area contributed by atoms with Gasteiger partial charge in [0.05, 0.1) is 26.0 Å². The van der Waals surface area contributed by atoms with E-state index in [9.17, 15) is 11.0 Å². The molecule has 246 valence electrons. The predicted molar refractivity (Wildman–Crippen MR) is 220 cm³/mol. The first kappa shape index (κ1) is 16.7. The molecule has 0 fully saturated rings. The molecule has 52 heavy (non-hydrogen) atoms. The van der Waals surface area contributed by atoms with Crippen LogP contribution in [0.4, 0.5) is 0 Å². The first-order chi connectivity index (χ1) is 33.7. The van der Waals surface area contributed by atoms with Crippen LogP contribution in [0.2, 0.25) is 0 Å². The largest absolute Gasteiger partial charge is 0.455 e. The van der Waals surface area contributed by atoms with Crippen molar-refractivity contribution >= 4 is 54.3 Å². The third-order valence-electron chi connectivity index (χ3n) is 9.57. The molecular weight excluding hydrogens is 629 g/mol. The number of fused-ring (bicyclic) bond motifs is 6. The first-order valence-corrected chi connectivity index (χ1v) is 16.7. The Balaban J connectivity index is 1.27. The molecule has 0 saturated heterocycles. The number of hydrogen-bond acceptors (Lipinski definition) is 1. The Morgan fingerprint density at radius 3 is 1.77 bits per heavy atom. The van der Waals surface area contributed by atoms with Crippen molar-refractivity contribution in [2.45, 2.75) is 19.3 Å². The van der Waals surface area contributed by atoms with E-state index in [0.717, 1.165) is 11.1 Å². The molecule has 10 rings (SSSR count). The van der Waals surface area contributed by atoms with Gasteiger partial charge in [-0.1, -0.05) is 175 Å². The molecule has 1 heterocycles. The minimum atomic E-state index is -0.711. The fraction of sp³-hybridized carbons (Fsp3) is 0.0588. The molecule has 0 spiro atoms. The molecule has 0 saturated carbocycles. The van der Waals surface area contributed by atoms with Gasteiger partial charge >= 0.3 is 0 Å². The molecule has 0 N–H and O–H groups in total. The zero-order chi connectivity index (χ0) is 51.0. The summed E-state index contributed by atoms with van der Waals surface area (Å²) >= 11 is 0. The van der Waals surface area contributed by atoms with E-state index in [1.807, 2.05) is 48.5 Å². The molecule has 0 radical (unpaired) electrons. The lowest BCUT2D eigenvalue weighted by atomic mass is 9.86. The van der Waals surface area contributed by atoms with Gasteiger partial charge < -0.3 is 4.42 Å². The zero-order valence-corrected chi connectivity index (χ0v) is 27.4. The SMILES string of the molecule is [2H]c1c([2H])c([2H])c(Cc2c3c([2H])c([2H])c([2H])c([2H])c3c(CCc3c([2H])c([2H])c(-c4cccc5oc6c(-c7ccccc7)cccc6c45)c4c([2H])c([2H])c([2H])c([2H])c34)c3c([2H])c([2H])c([2H])c([2H])c23)c([2H])c1[2H]. The summed E-state index contributed by atoms with van der Waals surface area (Å²) in [5.41, 5.74) is 2.53. The summed E-state index contributed by atoms with van der Waals surface area (Å²) in [4.78, 5) is 0. The van der Waals surface area contributed by atoms with E-state index in [2.05, 4.69) is 0 Å². The average Bonchev–Trinajstić information content (AvgIpc) is 3.77. The standard InChI is InChI=1S/C51H36O/c1-3-15-34(16-4-1)33-48-42-23-11-9-21-40(42)44(41-22-10-12-24-43(41)48)31-29-36-30-32-45(39-20-8-7-19-37(36)39)46-26-14-28-49-50(46)47-27-13-25-38(51(47)52-49)35-17-5-2-6-18-35/h1-28,30,32H,29,31,33H2/i1D,3D,4D,7D,8D,9D,10D,11D,12D,15D,16D,19D,20D,21D,22D,23D,24D,30D,32D. The lowest BCUT2D eigenvalue weighted by Crippen LogP contribution is -2.00. The fourth-order valence-corrected chi connectivity index (χ4v) is 7.28. The molecule has 0 atom stereocenters. The minimum absolute atomic E-state index is 0.0355. The van der Waals surface area contributed by atoms with Gasteiger partial charge in [0.1, 0.15) is 11.2 Å². The van der Waals surface area contributed by atoms with Gasteiger partial charge in [0.15, 0.2) is 0 Å². The highest BCUT2D eigenvalue weighted by Crippen LogP contribution is 2.43. The topological polar surface area (TPSA) is 13.1 Å². The second-order valence-corrected chi connectivity index (χ2v) is 12.4. The summed E-state index contributed by atoms with van der Waals surface area (Å²) < 4.78 is 177. The van der Waals surface area contributed by atoms with E-state index in [4.69, 9.17) is 19.5 Å². The maximum Gasteiger partial charge on any atom is 0.143 e. The fourth-order valence-electron chi connectivity index (χ4n) is 7.28. The smallest absolute Gasteiger partial charge is 0.143 e. The molecule has 0 amide bonds. The van der Waals surface area contributed by atoms with Crippen LogP contribution in [0.5, 0.6) is 0 Å². The third-order valence-corrected chi connectivity index (χ3v) is 9.57. The van der Waals surface area contributed by atoms with Gasteiger partial charge in [0.25, 0.3) is 0 Å². The van der Waals surface area contributed by atoms with E-state index in [1.54, 1.807) is 18.2 Å². The first-order valence-electron chi connectivity index (χ1n) is 26.2. The van der Waals surface area contributed by atoms with Crippen molar-refractivity contribution in [1.82, 2.24) is 0 Å². The van der Waals surface area contributed by atoms with Crippen molar-refractivity contribution in [1.29, 1.82) is 0 Å². The lowest BCUT2D eigenvalue weighted by molar-refractivity contribution is 0.670. The van der Waals surface area contributed by atoms with Crippen LogP contribution in [0.1, 0.15) is 48.3 Å². The van der Waals surface area contributed by atoms with E-state index < -0.39 is 121 Å². The van der Waals surface area contributed by atoms with Crippen molar-refractivity contribution in [2.24, 2.45) is 0 Å². The molecule has 0 bridgehead atoms. The highest BCUT2D eigenvalue weighted by atomic mass is 16.3. The van der Waals surface area contributed by atoms with Gasteiger partial charge in [-0.25, -0.2) is 0 Å². The van der Waals surface area contributed by atoms with E-state index >= 15 is 0 Å². The van der Waals surface area contributed by atoms with E-state index in [-0.39, 0.29) is 73.0 Å². The zero-order valence-electron chi connectivity index (χ0n) is 46.4. The van der Waals surface area contributed by atoms with Crippen molar-refractivity contribution in [3.8, 4) is 22.3 Å². The number of hydrogen-bond donors (Lipinski definition) is 0. The van der Waals surface area contributed by atoms with Crippen LogP contribution in [0.25, 0.3) is 76.5 Å². The summed E-state index contributed by atoms with van der Waals surface area (Å²) in [6, 6.07) is 8.68. The molecule has 1 aromatic heterocycles. The normalized spacial score (nSPS) is 16.8. The Labute approximate surface area is 330 Å². The van der Waals surface area contributed by atoms with Crippen LogP contribution < -0.4 is 0 Å². The van der Waals surface area contributed by atoms with Crippen molar-refractivity contribution in [2.75, 3.05) is 0 Å². The Kier molecular flexibility index (Phi) is 4.09. The van der Waals surface area contributed by atoms with Crippen molar-refractivity contribution < 1.29 is 30.5 Å². The van der Waals surface area contributed by atoms with E-state index in [0.29, 0.717) is 27.5 Å². The number of para-hydroxylation sites is 1. The highest BCUT2D eigenvalue weighted by Gasteiger charge is 2.19. The number of rotatable bonds is 7. The minimum Gasteiger partial charge on any atom is -0.455 e. The molecule has 0 aliphatic heterocycles. The van der Waals surface area contributed by atoms with Gasteiger partial charge in [0, 0.05) is 16.3 Å². The van der Waals surface area contributed by atoms with Crippen molar-refractivity contribution in [3.05, 3.63) is 204 Å². The molecule has 1 nitrogen and oxygen atoms in total. The number of benzene rings is 9. The predicted octanol–water partition coefficient (Wildman–Crippen LogP) is 13.8. The summed E-state index contributed by atoms with van der Waals surface area (Å²) in [7, 11) is 0. The molecule has 10 aromatic rings. The Bertz CT molecular complexity index is 3900. The summed E-state index contributed by atoms with van der Waals surface area (Å²) in [5.74, 6) is 0. The van der Waals surface area contributed by atoms with Crippen LogP contribution in [-0.2, 0) is 19.3 Å². The van der Waals surface area contributed by atoms with Gasteiger partial charge in [-0.2, -0.15) is 0 Å². The molecule has 9 aromatic carbocycles. The average molecular weight is 684 g/mol. The second-order valence-electron chi connectivity index (χ2n) is 12.4. The number of aryl methyl sites for hydroxylation is 2. The Morgan fingerprint density at radius 2 is 1.04 bits per heavy atom. The summed E-state index contributed by atoms with van der Waals surface area (Å²) in [6.07, 6.45) is -1.32. The monoisotopic (exact) mass is 683 g/mol. The number of furan rings is 1. The van der Waals surface area contributed by atoms with Crippen molar-refractivity contribution in [3.63, 3.8) is 0 Å². The Morgan fingerprint density at radius 1 is 0.423 bits per heavy atom. The molecule has 0 unspecified atom stereocenters. The van der Waals surface area contributed by atoms with Crippen LogP contribution in [0, 0.1) is 0 Å². The molecular formula is C51H36O. The Hall–Kier alpha value is -6.44. The maximum absolute atomic E-state index is 9.71. The summed E-state index contributed by atoms with van der Waals surface area (Å²) in [6.45, 7) is 0. The van der Waals surface area contributed by atoms with Crippen LogP contribution in [-0.4, -0.2) is 0 Å². The molecule has 0 aliphatic carbocycles. The lowest BCUT2D eigenvalue weighted by Gasteiger charge is -2.18. The quantitative estimate of drug-likeness (QED) is 0.152. The van der Waals surface area contributed by atoms with Gasteiger partial charge in [0.2, 0.25) is 0 Å². The highest BCUT2D eigenvalue weighted by molar-refractivity contribution is 6.17. The van der Waals surface area contributed by atoms with Crippen LogP contribution in [0.3, 0.4) is 0 Å². The van der Waals surface area contributed by atoms with Crippen LogP contribution in [0.15, 0.2) is 186 Å². The van der Waals surface area contributed by atoms with Crippen LogP contribution >= 0.6 is 0 Å². The second kappa shape index (κ2) is 12.7. The maximum atomic E-state index is 9.71. The van der Waals surface area contributed by atoms with Gasteiger partial charge in [-0.05, 0) is 96.6 Å². The summed E-state index contributed by atoms with van der Waals surface area (Å²) in [5, 5.41) is 0.150. The molecule has 0 aliphatic rings. The van der Waals surface area contributed by atoms with Gasteiger partial charge in [-0.3, -0.25) is 0 Å². The van der Waals surface area contributed by atoms with E-state index in [1.165, 1.54) is 0 Å². The third kappa shape index (κ3) is 5.09. The van der Waals surface area contributed by atoms with Gasteiger partial charge in [-0.15, -0.1) is 0 Å². The molecule has 1 heteroatoms.